The number of anilines is 2. The van der Waals surface area contributed by atoms with Crippen LogP contribution in [0.3, 0.4) is 0 Å². The highest BCUT2D eigenvalue weighted by atomic mass is 16.5. The van der Waals surface area contributed by atoms with Gasteiger partial charge in [0.25, 0.3) is 0 Å². The standard InChI is InChI=1S/C15H17N3O2/c1-18(14-7-8-17-10-13(14)16)15(19)9-11-3-5-12(20-2)6-4-11/h3-8,10H,9,16H2,1-2H3. The topological polar surface area (TPSA) is 68.5 Å². The third kappa shape index (κ3) is 3.06. The van der Waals surface area contributed by atoms with Gasteiger partial charge in [0.1, 0.15) is 5.75 Å². The Hall–Kier alpha value is -2.56. The maximum atomic E-state index is 12.2. The van der Waals surface area contributed by atoms with Crippen LogP contribution in [-0.2, 0) is 11.2 Å². The molecule has 1 aromatic carbocycles. The number of benzene rings is 1. The van der Waals surface area contributed by atoms with Crippen LogP contribution in [0, 0.1) is 0 Å². The number of carbonyl (C=O) groups excluding carboxylic acids is 1. The molecule has 0 aliphatic carbocycles. The summed E-state index contributed by atoms with van der Waals surface area (Å²) in [5.74, 6) is 0.737. The normalized spacial score (nSPS) is 10.1. The molecule has 0 unspecified atom stereocenters. The lowest BCUT2D eigenvalue weighted by molar-refractivity contribution is -0.117. The molecule has 0 aliphatic rings. The van der Waals surface area contributed by atoms with Crippen molar-refractivity contribution in [3.63, 3.8) is 0 Å². The van der Waals surface area contributed by atoms with Crippen LogP contribution in [0.5, 0.6) is 5.75 Å². The van der Waals surface area contributed by atoms with Crippen LogP contribution in [0.4, 0.5) is 11.4 Å². The van der Waals surface area contributed by atoms with Gasteiger partial charge in [-0.25, -0.2) is 0 Å². The van der Waals surface area contributed by atoms with E-state index in [1.165, 1.54) is 6.20 Å². The lowest BCUT2D eigenvalue weighted by Crippen LogP contribution is -2.28. The Balaban J connectivity index is 2.09. The fraction of sp³-hybridized carbons (Fsp3) is 0.200. The zero-order valence-electron chi connectivity index (χ0n) is 11.5. The van der Waals surface area contributed by atoms with Gasteiger partial charge in [0.15, 0.2) is 0 Å². The fourth-order valence-corrected chi connectivity index (χ4v) is 1.88. The van der Waals surface area contributed by atoms with Gasteiger partial charge < -0.3 is 15.4 Å². The van der Waals surface area contributed by atoms with Crippen LogP contribution >= 0.6 is 0 Å². The van der Waals surface area contributed by atoms with Crippen LogP contribution in [0.2, 0.25) is 0 Å². The second-order valence-corrected chi connectivity index (χ2v) is 4.41. The van der Waals surface area contributed by atoms with Crippen molar-refractivity contribution in [1.82, 2.24) is 4.98 Å². The van der Waals surface area contributed by atoms with Crippen molar-refractivity contribution in [1.29, 1.82) is 0 Å². The number of hydrogen-bond donors (Lipinski definition) is 1. The number of nitrogen functional groups attached to an aromatic ring is 1. The second kappa shape index (κ2) is 6.06. The van der Waals surface area contributed by atoms with Crippen molar-refractivity contribution < 1.29 is 9.53 Å². The van der Waals surface area contributed by atoms with Crippen molar-refractivity contribution in [2.24, 2.45) is 0 Å². The maximum absolute atomic E-state index is 12.2. The highest BCUT2D eigenvalue weighted by molar-refractivity contribution is 5.96. The number of rotatable bonds is 4. The smallest absolute Gasteiger partial charge is 0.231 e. The Labute approximate surface area is 118 Å². The Kier molecular flexibility index (Phi) is 4.20. The SMILES string of the molecule is COc1ccc(CC(=O)N(C)c2ccncc2N)cc1. The molecule has 2 rings (SSSR count). The molecular weight excluding hydrogens is 254 g/mol. The summed E-state index contributed by atoms with van der Waals surface area (Å²) in [6, 6.07) is 9.15. The van der Waals surface area contributed by atoms with Crippen LogP contribution in [0.15, 0.2) is 42.7 Å². The third-order valence-corrected chi connectivity index (χ3v) is 3.08. The number of hydrogen-bond acceptors (Lipinski definition) is 4. The summed E-state index contributed by atoms with van der Waals surface area (Å²) in [5, 5.41) is 0. The summed E-state index contributed by atoms with van der Waals surface area (Å²) in [6.45, 7) is 0. The number of likely N-dealkylation sites (N-methyl/N-ethyl adjacent to an activating group) is 1. The van der Waals surface area contributed by atoms with Gasteiger partial charge in [0.05, 0.1) is 31.1 Å². The number of carbonyl (C=O) groups is 1. The van der Waals surface area contributed by atoms with Crippen molar-refractivity contribution >= 4 is 17.3 Å². The summed E-state index contributed by atoms with van der Waals surface area (Å²) in [4.78, 5) is 17.7. The molecule has 5 nitrogen and oxygen atoms in total. The highest BCUT2D eigenvalue weighted by Gasteiger charge is 2.13. The molecular formula is C15H17N3O2. The van der Waals surface area contributed by atoms with Crippen LogP contribution in [-0.4, -0.2) is 25.0 Å². The van der Waals surface area contributed by atoms with Crippen LogP contribution in [0.1, 0.15) is 5.56 Å². The maximum Gasteiger partial charge on any atom is 0.231 e. The Morgan fingerprint density at radius 3 is 2.60 bits per heavy atom. The van der Waals surface area contributed by atoms with Crippen LogP contribution < -0.4 is 15.4 Å². The van der Waals surface area contributed by atoms with E-state index >= 15 is 0 Å². The molecule has 1 heterocycles. The number of methoxy groups -OCH3 is 1. The van der Waals surface area contributed by atoms with Gasteiger partial charge in [-0.1, -0.05) is 12.1 Å². The molecule has 1 amide bonds. The van der Waals surface area contributed by atoms with Gasteiger partial charge in [-0.2, -0.15) is 0 Å². The van der Waals surface area contributed by atoms with Gasteiger partial charge in [0, 0.05) is 13.2 Å². The number of amides is 1. The van der Waals surface area contributed by atoms with E-state index in [0.717, 1.165) is 11.3 Å². The van der Waals surface area contributed by atoms with Gasteiger partial charge in [-0.15, -0.1) is 0 Å². The number of pyridine rings is 1. The van der Waals surface area contributed by atoms with Gasteiger partial charge in [0.2, 0.25) is 5.91 Å². The van der Waals surface area contributed by atoms with E-state index in [2.05, 4.69) is 4.98 Å². The lowest BCUT2D eigenvalue weighted by atomic mass is 10.1. The average molecular weight is 271 g/mol. The molecule has 0 fully saturated rings. The molecule has 0 saturated carbocycles. The van der Waals surface area contributed by atoms with Gasteiger partial charge in [-0.3, -0.25) is 9.78 Å². The van der Waals surface area contributed by atoms with E-state index in [1.54, 1.807) is 31.3 Å². The third-order valence-electron chi connectivity index (χ3n) is 3.08. The Morgan fingerprint density at radius 1 is 1.30 bits per heavy atom. The molecule has 2 aromatic rings. The predicted octanol–water partition coefficient (Wildman–Crippen LogP) is 1.88. The van der Waals surface area contributed by atoms with E-state index in [1.807, 2.05) is 24.3 Å². The number of ether oxygens (including phenoxy) is 1. The molecule has 0 aliphatic heterocycles. The summed E-state index contributed by atoms with van der Waals surface area (Å²) >= 11 is 0. The van der Waals surface area contributed by atoms with Crippen LogP contribution in [0.25, 0.3) is 0 Å². The highest BCUT2D eigenvalue weighted by Crippen LogP contribution is 2.21. The van der Waals surface area contributed by atoms with Crippen molar-refractivity contribution in [2.45, 2.75) is 6.42 Å². The minimum atomic E-state index is -0.0342. The molecule has 2 N–H and O–H groups in total. The fourth-order valence-electron chi connectivity index (χ4n) is 1.88. The summed E-state index contributed by atoms with van der Waals surface area (Å²) in [7, 11) is 3.32. The van der Waals surface area contributed by atoms with E-state index in [4.69, 9.17) is 10.5 Å². The Morgan fingerprint density at radius 2 is 2.00 bits per heavy atom. The number of nitrogens with two attached hydrogens (primary N) is 1. The van der Waals surface area contributed by atoms with E-state index < -0.39 is 0 Å². The molecule has 0 spiro atoms. The summed E-state index contributed by atoms with van der Waals surface area (Å²) in [6.07, 6.45) is 3.46. The number of aromatic nitrogens is 1. The zero-order valence-corrected chi connectivity index (χ0v) is 11.5. The molecule has 104 valence electrons. The first-order chi connectivity index (χ1) is 9.61. The molecule has 0 saturated heterocycles. The Bertz CT molecular complexity index is 596. The molecule has 0 bridgehead atoms. The summed E-state index contributed by atoms with van der Waals surface area (Å²) < 4.78 is 5.09. The zero-order chi connectivity index (χ0) is 14.5. The number of nitrogens with zero attached hydrogens (tertiary/aromatic N) is 2. The molecule has 0 radical (unpaired) electrons. The van der Waals surface area contributed by atoms with E-state index in [0.29, 0.717) is 17.8 Å². The molecule has 20 heavy (non-hydrogen) atoms. The average Bonchev–Trinajstić information content (AvgIpc) is 2.48. The molecule has 0 atom stereocenters. The minimum absolute atomic E-state index is 0.0342. The molecule has 5 heteroatoms. The van der Waals surface area contributed by atoms with Crippen molar-refractivity contribution in [3.8, 4) is 5.75 Å². The second-order valence-electron chi connectivity index (χ2n) is 4.41. The quantitative estimate of drug-likeness (QED) is 0.921. The predicted molar refractivity (Wildman–Crippen MR) is 78.8 cm³/mol. The summed E-state index contributed by atoms with van der Waals surface area (Å²) in [5.41, 5.74) is 7.89. The van der Waals surface area contributed by atoms with Crippen molar-refractivity contribution in [3.05, 3.63) is 48.3 Å². The van der Waals surface area contributed by atoms with E-state index in [-0.39, 0.29) is 5.91 Å². The van der Waals surface area contributed by atoms with E-state index in [9.17, 15) is 4.79 Å². The monoisotopic (exact) mass is 271 g/mol. The minimum Gasteiger partial charge on any atom is -0.497 e. The van der Waals surface area contributed by atoms with Gasteiger partial charge in [-0.05, 0) is 23.8 Å². The first kappa shape index (κ1) is 13.9. The first-order valence-corrected chi connectivity index (χ1v) is 6.21. The van der Waals surface area contributed by atoms with Gasteiger partial charge >= 0.3 is 0 Å². The first-order valence-electron chi connectivity index (χ1n) is 6.21. The largest absolute Gasteiger partial charge is 0.497 e. The van der Waals surface area contributed by atoms with Crippen molar-refractivity contribution in [2.75, 3.05) is 24.8 Å². The molecule has 1 aromatic heterocycles. The lowest BCUT2D eigenvalue weighted by Gasteiger charge is -2.18.